The number of hydrogen-bond acceptors (Lipinski definition) is 8. The van der Waals surface area contributed by atoms with Gasteiger partial charge in [0.15, 0.2) is 28.4 Å². The first-order chi connectivity index (χ1) is 12.8. The van der Waals surface area contributed by atoms with Gasteiger partial charge in [0.25, 0.3) is 5.91 Å². The fourth-order valence-electron chi connectivity index (χ4n) is 2.06. The largest absolute Gasteiger partial charge is 0.395 e. The van der Waals surface area contributed by atoms with Crippen LogP contribution < -0.4 is 27.8 Å². The molecule has 0 radical (unpaired) electrons. The van der Waals surface area contributed by atoms with Crippen LogP contribution in [0.25, 0.3) is 0 Å². The van der Waals surface area contributed by atoms with Gasteiger partial charge in [0.2, 0.25) is 5.91 Å². The second-order valence-corrected chi connectivity index (χ2v) is 5.95. The van der Waals surface area contributed by atoms with Gasteiger partial charge in [-0.25, -0.2) is 9.97 Å². The number of nitrogens with zero attached hydrogens (tertiary/aromatic N) is 3. The smallest absolute Gasteiger partial charge is 0.280 e. The fourth-order valence-corrected chi connectivity index (χ4v) is 2.18. The van der Waals surface area contributed by atoms with Crippen LogP contribution in [-0.2, 0) is 4.79 Å². The predicted molar refractivity (Wildman–Crippen MR) is 110 cm³/mol. The number of carbonyl (C=O) groups is 2. The number of aliphatic hydroxyl groups excluding tert-OH is 1. The topological polar surface area (TPSA) is 195 Å². The molecule has 0 bridgehead atoms. The molecule has 1 rings (SSSR count). The minimum absolute atomic E-state index is 0. The summed E-state index contributed by atoms with van der Waals surface area (Å²) in [6, 6.07) is 0. The summed E-state index contributed by atoms with van der Waals surface area (Å²) >= 11 is 5.72. The van der Waals surface area contributed by atoms with Crippen LogP contribution in [0.3, 0.4) is 0 Å². The fraction of sp³-hybridized carbons (Fsp3) is 0.562. The van der Waals surface area contributed by atoms with E-state index in [1.165, 1.54) is 0 Å². The molecule has 1 aromatic rings. The van der Waals surface area contributed by atoms with E-state index in [9.17, 15) is 9.59 Å². The number of hydrogen-bond donors (Lipinski definition) is 6. The molecule has 0 aliphatic heterocycles. The summed E-state index contributed by atoms with van der Waals surface area (Å²) in [4.78, 5) is 34.9. The first-order valence-electron chi connectivity index (χ1n) is 8.42. The van der Waals surface area contributed by atoms with E-state index in [1.54, 1.807) is 0 Å². The number of nitrogens with two attached hydrogens (primary N) is 3. The van der Waals surface area contributed by atoms with E-state index in [1.807, 2.05) is 0 Å². The van der Waals surface area contributed by atoms with E-state index in [0.717, 1.165) is 25.7 Å². The molecule has 0 saturated heterocycles. The number of rotatable bonds is 10. The molecule has 0 unspecified atom stereocenters. The molecule has 1 heterocycles. The number of aliphatic hydroxyl groups is 1. The number of nitrogen functional groups attached to an aromatic ring is 2. The van der Waals surface area contributed by atoms with Crippen molar-refractivity contribution in [1.82, 2.24) is 20.6 Å². The summed E-state index contributed by atoms with van der Waals surface area (Å²) < 4.78 is 0. The SMILES string of the molecule is C.NC(=NCCCCCCC(=O)NCCO)NC(=O)c1nc(Cl)c(N)nc1N. The summed E-state index contributed by atoms with van der Waals surface area (Å²) in [6.45, 7) is 0.636. The van der Waals surface area contributed by atoms with Gasteiger partial charge in [0.1, 0.15) is 0 Å². The predicted octanol–water partition coefficient (Wildman–Crippen LogP) is 0.0340. The van der Waals surface area contributed by atoms with Gasteiger partial charge in [-0.2, -0.15) is 0 Å². The van der Waals surface area contributed by atoms with Crippen LogP contribution in [0.5, 0.6) is 0 Å². The zero-order valence-corrected chi connectivity index (χ0v) is 15.6. The third kappa shape index (κ3) is 9.33. The lowest BCUT2D eigenvalue weighted by molar-refractivity contribution is -0.121. The third-order valence-corrected chi connectivity index (χ3v) is 3.67. The van der Waals surface area contributed by atoms with Gasteiger partial charge in [-0.15, -0.1) is 0 Å². The molecule has 0 saturated carbocycles. The number of anilines is 2. The number of halogens is 1. The molecular weight excluding hydrogens is 388 g/mol. The Bertz CT molecular complexity index is 684. The number of aliphatic imine (C=N–C) groups is 1. The van der Waals surface area contributed by atoms with Gasteiger partial charge in [-0.05, 0) is 12.8 Å². The molecule has 11 nitrogen and oxygen atoms in total. The van der Waals surface area contributed by atoms with Crippen LogP contribution in [-0.4, -0.2) is 52.5 Å². The number of amides is 2. The molecule has 1 aromatic heterocycles. The highest BCUT2D eigenvalue weighted by atomic mass is 35.5. The molecule has 0 aliphatic carbocycles. The zero-order chi connectivity index (χ0) is 20.2. The summed E-state index contributed by atoms with van der Waals surface area (Å²) in [5, 5.41) is 13.4. The lowest BCUT2D eigenvalue weighted by Crippen LogP contribution is -2.38. The quantitative estimate of drug-likeness (QED) is 0.174. The minimum Gasteiger partial charge on any atom is -0.395 e. The number of carbonyl (C=O) groups excluding carboxylic acids is 2. The standard InChI is InChI=1S/C15H25ClN8O3.CH4/c16-11-13(18)23-12(17)10(22-11)14(27)24-15(19)21-6-4-2-1-3-5-9(26)20-7-8-25;/h25H,1-8H2,(H,20,26)(H4,17,18,23)(H3,19,21,24,27);1H4. The normalized spacial score (nSPS) is 10.9. The van der Waals surface area contributed by atoms with E-state index in [4.69, 9.17) is 33.9 Å². The Labute approximate surface area is 169 Å². The third-order valence-electron chi connectivity index (χ3n) is 3.39. The van der Waals surface area contributed by atoms with Crippen molar-refractivity contribution in [3.8, 4) is 0 Å². The van der Waals surface area contributed by atoms with Crippen molar-refractivity contribution in [3.05, 3.63) is 10.8 Å². The lowest BCUT2D eigenvalue weighted by Gasteiger charge is -2.07. The van der Waals surface area contributed by atoms with Crippen molar-refractivity contribution in [2.45, 2.75) is 39.5 Å². The highest BCUT2D eigenvalue weighted by molar-refractivity contribution is 6.31. The molecule has 9 N–H and O–H groups in total. The number of unbranched alkanes of at least 4 members (excludes halogenated alkanes) is 3. The van der Waals surface area contributed by atoms with Crippen molar-refractivity contribution in [2.75, 3.05) is 31.2 Å². The molecule has 2 amide bonds. The molecular formula is C16H29ClN8O3. The van der Waals surface area contributed by atoms with E-state index in [2.05, 4.69) is 25.6 Å². The number of guanidine groups is 1. The van der Waals surface area contributed by atoms with Crippen LogP contribution in [0.1, 0.15) is 50.0 Å². The second-order valence-electron chi connectivity index (χ2n) is 5.59. The van der Waals surface area contributed by atoms with Gasteiger partial charge in [-0.3, -0.25) is 19.9 Å². The summed E-state index contributed by atoms with van der Waals surface area (Å²) in [6.07, 6.45) is 3.66. The van der Waals surface area contributed by atoms with E-state index in [-0.39, 0.29) is 54.9 Å². The maximum absolute atomic E-state index is 12.0. The van der Waals surface area contributed by atoms with E-state index >= 15 is 0 Å². The van der Waals surface area contributed by atoms with Crippen molar-refractivity contribution in [2.24, 2.45) is 10.7 Å². The monoisotopic (exact) mass is 416 g/mol. The van der Waals surface area contributed by atoms with Gasteiger partial charge in [0, 0.05) is 19.5 Å². The van der Waals surface area contributed by atoms with Crippen LogP contribution in [0.2, 0.25) is 5.15 Å². The van der Waals surface area contributed by atoms with Gasteiger partial charge < -0.3 is 27.6 Å². The Morgan fingerprint density at radius 3 is 2.46 bits per heavy atom. The molecule has 0 atom stereocenters. The summed E-state index contributed by atoms with van der Waals surface area (Å²) in [5.41, 5.74) is 16.5. The van der Waals surface area contributed by atoms with Crippen LogP contribution in [0.15, 0.2) is 4.99 Å². The first-order valence-corrected chi connectivity index (χ1v) is 8.80. The second kappa shape index (κ2) is 13.5. The Balaban J connectivity index is 0.00000729. The summed E-state index contributed by atoms with van der Waals surface area (Å²) in [7, 11) is 0. The lowest BCUT2D eigenvalue weighted by atomic mass is 10.1. The highest BCUT2D eigenvalue weighted by Crippen LogP contribution is 2.17. The Morgan fingerprint density at radius 2 is 1.79 bits per heavy atom. The molecule has 0 aliphatic rings. The van der Waals surface area contributed by atoms with Crippen molar-refractivity contribution >= 4 is 41.0 Å². The Hall–Kier alpha value is -2.66. The van der Waals surface area contributed by atoms with Crippen molar-refractivity contribution in [3.63, 3.8) is 0 Å². The maximum atomic E-state index is 12.0. The average Bonchev–Trinajstić information content (AvgIpc) is 2.61. The van der Waals surface area contributed by atoms with Crippen LogP contribution >= 0.6 is 11.6 Å². The molecule has 0 fully saturated rings. The van der Waals surface area contributed by atoms with E-state index in [0.29, 0.717) is 13.0 Å². The van der Waals surface area contributed by atoms with Gasteiger partial charge >= 0.3 is 0 Å². The number of nitrogens with one attached hydrogen (secondary N) is 2. The Morgan fingerprint density at radius 1 is 1.11 bits per heavy atom. The molecule has 0 aromatic carbocycles. The number of aromatic nitrogens is 2. The van der Waals surface area contributed by atoms with Crippen LogP contribution in [0.4, 0.5) is 11.6 Å². The van der Waals surface area contributed by atoms with Crippen molar-refractivity contribution < 1.29 is 14.7 Å². The minimum atomic E-state index is -0.683. The Kier molecular flexibility index (Phi) is 12.2. The van der Waals surface area contributed by atoms with Gasteiger partial charge in [0.05, 0.1) is 6.61 Å². The molecule has 12 heteroatoms. The molecule has 0 spiro atoms. The molecule has 28 heavy (non-hydrogen) atoms. The van der Waals surface area contributed by atoms with Gasteiger partial charge in [-0.1, -0.05) is 31.9 Å². The highest BCUT2D eigenvalue weighted by Gasteiger charge is 2.16. The van der Waals surface area contributed by atoms with Crippen LogP contribution in [0, 0.1) is 0 Å². The first kappa shape index (κ1) is 25.3. The van der Waals surface area contributed by atoms with Crippen molar-refractivity contribution in [1.29, 1.82) is 0 Å². The average molecular weight is 417 g/mol. The molecule has 158 valence electrons. The van der Waals surface area contributed by atoms with E-state index < -0.39 is 5.91 Å². The maximum Gasteiger partial charge on any atom is 0.280 e. The zero-order valence-electron chi connectivity index (χ0n) is 14.9. The summed E-state index contributed by atoms with van der Waals surface area (Å²) in [5.74, 6) is -1.06.